The smallest absolute Gasteiger partial charge is 0.0147 e. The number of hydrogen-bond acceptors (Lipinski definition) is 0. The van der Waals surface area contributed by atoms with Crippen molar-refractivity contribution < 1.29 is 0 Å². The molecule has 0 saturated heterocycles. The summed E-state index contributed by atoms with van der Waals surface area (Å²) in [6, 6.07) is 13.1. The van der Waals surface area contributed by atoms with E-state index in [0.717, 1.165) is 0 Å². The van der Waals surface area contributed by atoms with Gasteiger partial charge in [0, 0.05) is 0 Å². The molecule has 1 atom stereocenters. The summed E-state index contributed by atoms with van der Waals surface area (Å²) in [6.07, 6.45) is 1.20. The van der Waals surface area contributed by atoms with Crippen LogP contribution in [0.2, 0.25) is 0 Å². The van der Waals surface area contributed by atoms with Gasteiger partial charge in [-0.15, -0.1) is 0 Å². The van der Waals surface area contributed by atoms with Crippen molar-refractivity contribution in [2.45, 2.75) is 33.1 Å². The standard InChI is InChI=1S/C15H18/c1-4-11(2)15-12(3)9-10-13-7-5-6-8-14(13)15/h5-11H,4H2,1-3H3. The molecule has 0 spiro atoms. The molecule has 0 fully saturated rings. The predicted octanol–water partition coefficient (Wildman–Crippen LogP) is 4.66. The summed E-state index contributed by atoms with van der Waals surface area (Å²) >= 11 is 0. The summed E-state index contributed by atoms with van der Waals surface area (Å²) in [4.78, 5) is 0. The molecule has 0 aliphatic heterocycles. The van der Waals surface area contributed by atoms with Gasteiger partial charge in [-0.1, -0.05) is 50.2 Å². The topological polar surface area (TPSA) is 0 Å². The van der Waals surface area contributed by atoms with Crippen molar-refractivity contribution in [2.24, 2.45) is 0 Å². The van der Waals surface area contributed by atoms with Crippen LogP contribution in [0, 0.1) is 6.92 Å². The van der Waals surface area contributed by atoms with Crippen molar-refractivity contribution in [1.82, 2.24) is 0 Å². The molecule has 0 heteroatoms. The van der Waals surface area contributed by atoms with Gasteiger partial charge in [-0.2, -0.15) is 0 Å². The van der Waals surface area contributed by atoms with E-state index in [1.165, 1.54) is 28.3 Å². The average molecular weight is 198 g/mol. The first-order valence-electron chi connectivity index (χ1n) is 5.72. The van der Waals surface area contributed by atoms with Gasteiger partial charge in [-0.25, -0.2) is 0 Å². The largest absolute Gasteiger partial charge is 0.0648 e. The van der Waals surface area contributed by atoms with E-state index < -0.39 is 0 Å². The molecule has 0 amide bonds. The van der Waals surface area contributed by atoms with Gasteiger partial charge in [-0.3, -0.25) is 0 Å². The molecule has 0 N–H and O–H groups in total. The third-order valence-electron chi connectivity index (χ3n) is 3.29. The molecular formula is C15H18. The quantitative estimate of drug-likeness (QED) is 0.658. The molecule has 0 nitrogen and oxygen atoms in total. The van der Waals surface area contributed by atoms with Crippen LogP contribution in [0.5, 0.6) is 0 Å². The van der Waals surface area contributed by atoms with E-state index in [4.69, 9.17) is 0 Å². The lowest BCUT2D eigenvalue weighted by molar-refractivity contribution is 0.734. The molecular weight excluding hydrogens is 180 g/mol. The SMILES string of the molecule is CCC(C)c1c(C)ccc2ccccc12. The van der Waals surface area contributed by atoms with Crippen LogP contribution >= 0.6 is 0 Å². The van der Waals surface area contributed by atoms with Gasteiger partial charge in [0.05, 0.1) is 0 Å². The van der Waals surface area contributed by atoms with Crippen LogP contribution in [0.15, 0.2) is 36.4 Å². The van der Waals surface area contributed by atoms with Crippen LogP contribution in [0.3, 0.4) is 0 Å². The van der Waals surface area contributed by atoms with E-state index in [0.29, 0.717) is 5.92 Å². The van der Waals surface area contributed by atoms with Crippen molar-refractivity contribution in [1.29, 1.82) is 0 Å². The fraction of sp³-hybridized carbons (Fsp3) is 0.333. The molecule has 0 bridgehead atoms. The Morgan fingerprint density at radius 2 is 1.80 bits per heavy atom. The summed E-state index contributed by atoms with van der Waals surface area (Å²) in [5, 5.41) is 2.78. The van der Waals surface area contributed by atoms with Gasteiger partial charge < -0.3 is 0 Å². The van der Waals surface area contributed by atoms with Gasteiger partial charge in [0.1, 0.15) is 0 Å². The summed E-state index contributed by atoms with van der Waals surface area (Å²) < 4.78 is 0. The first-order chi connectivity index (χ1) is 7.24. The third kappa shape index (κ3) is 1.77. The molecule has 2 aromatic carbocycles. The Labute approximate surface area is 91.9 Å². The van der Waals surface area contributed by atoms with Gasteiger partial charge in [0.25, 0.3) is 0 Å². The number of benzene rings is 2. The monoisotopic (exact) mass is 198 g/mol. The van der Waals surface area contributed by atoms with Crippen LogP contribution in [-0.2, 0) is 0 Å². The summed E-state index contributed by atoms with van der Waals surface area (Å²) in [5.74, 6) is 0.649. The Morgan fingerprint density at radius 1 is 1.07 bits per heavy atom. The molecule has 0 aromatic heterocycles. The van der Waals surface area contributed by atoms with Crippen LogP contribution in [0.25, 0.3) is 10.8 Å². The Balaban J connectivity index is 2.74. The minimum atomic E-state index is 0.649. The van der Waals surface area contributed by atoms with E-state index in [1.54, 1.807) is 0 Å². The second-order valence-corrected chi connectivity index (χ2v) is 4.33. The fourth-order valence-corrected chi connectivity index (χ4v) is 2.26. The molecule has 1 unspecified atom stereocenters. The predicted molar refractivity (Wildman–Crippen MR) is 67.4 cm³/mol. The zero-order valence-corrected chi connectivity index (χ0v) is 9.75. The van der Waals surface area contributed by atoms with E-state index in [1.807, 2.05) is 0 Å². The van der Waals surface area contributed by atoms with Crippen LogP contribution in [0.4, 0.5) is 0 Å². The summed E-state index contributed by atoms with van der Waals surface area (Å²) in [5.41, 5.74) is 2.94. The van der Waals surface area contributed by atoms with Gasteiger partial charge in [0.2, 0.25) is 0 Å². The maximum absolute atomic E-state index is 2.31. The maximum atomic E-state index is 2.31. The van der Waals surface area contributed by atoms with Crippen molar-refractivity contribution in [3.8, 4) is 0 Å². The molecule has 15 heavy (non-hydrogen) atoms. The second kappa shape index (κ2) is 4.06. The van der Waals surface area contributed by atoms with Gasteiger partial charge in [-0.05, 0) is 41.2 Å². The molecule has 2 aromatic rings. The normalized spacial score (nSPS) is 13.0. The van der Waals surface area contributed by atoms with Crippen LogP contribution in [-0.4, -0.2) is 0 Å². The number of hydrogen-bond donors (Lipinski definition) is 0. The lowest BCUT2D eigenvalue weighted by Gasteiger charge is -2.15. The average Bonchev–Trinajstić information content (AvgIpc) is 2.28. The Hall–Kier alpha value is -1.30. The van der Waals surface area contributed by atoms with Crippen molar-refractivity contribution in [3.05, 3.63) is 47.5 Å². The lowest BCUT2D eigenvalue weighted by Crippen LogP contribution is -1.96. The van der Waals surface area contributed by atoms with Crippen molar-refractivity contribution in [2.75, 3.05) is 0 Å². The van der Waals surface area contributed by atoms with E-state index in [2.05, 4.69) is 57.2 Å². The molecule has 2 rings (SSSR count). The van der Waals surface area contributed by atoms with E-state index >= 15 is 0 Å². The lowest BCUT2D eigenvalue weighted by atomic mass is 9.89. The zero-order valence-electron chi connectivity index (χ0n) is 9.75. The van der Waals surface area contributed by atoms with Crippen LogP contribution in [0.1, 0.15) is 37.3 Å². The van der Waals surface area contributed by atoms with Crippen molar-refractivity contribution in [3.63, 3.8) is 0 Å². The molecule has 78 valence electrons. The molecule has 0 heterocycles. The number of aryl methyl sites for hydroxylation is 1. The Kier molecular flexibility index (Phi) is 2.77. The van der Waals surface area contributed by atoms with Crippen LogP contribution < -0.4 is 0 Å². The van der Waals surface area contributed by atoms with Gasteiger partial charge in [0.15, 0.2) is 0 Å². The highest BCUT2D eigenvalue weighted by Crippen LogP contribution is 2.30. The molecule has 0 aliphatic carbocycles. The van der Waals surface area contributed by atoms with Gasteiger partial charge >= 0.3 is 0 Å². The highest BCUT2D eigenvalue weighted by Gasteiger charge is 2.09. The second-order valence-electron chi connectivity index (χ2n) is 4.33. The molecule has 0 radical (unpaired) electrons. The molecule has 0 saturated carbocycles. The maximum Gasteiger partial charge on any atom is -0.0147 e. The van der Waals surface area contributed by atoms with E-state index in [9.17, 15) is 0 Å². The number of rotatable bonds is 2. The summed E-state index contributed by atoms with van der Waals surface area (Å²) in [6.45, 7) is 6.79. The minimum absolute atomic E-state index is 0.649. The van der Waals surface area contributed by atoms with E-state index in [-0.39, 0.29) is 0 Å². The first-order valence-corrected chi connectivity index (χ1v) is 5.72. The Morgan fingerprint density at radius 3 is 2.53 bits per heavy atom. The molecule has 0 aliphatic rings. The number of fused-ring (bicyclic) bond motifs is 1. The first kappa shape index (κ1) is 10.2. The highest BCUT2D eigenvalue weighted by molar-refractivity contribution is 5.87. The van der Waals surface area contributed by atoms with Crippen molar-refractivity contribution >= 4 is 10.8 Å². The Bertz CT molecular complexity index is 468. The highest BCUT2D eigenvalue weighted by atomic mass is 14.1. The third-order valence-corrected chi connectivity index (χ3v) is 3.29. The summed E-state index contributed by atoms with van der Waals surface area (Å²) in [7, 11) is 0. The fourth-order valence-electron chi connectivity index (χ4n) is 2.26. The zero-order chi connectivity index (χ0) is 10.8. The minimum Gasteiger partial charge on any atom is -0.0648 e.